The fourth-order valence-electron chi connectivity index (χ4n) is 2.58. The molecule has 118 valence electrons. The van der Waals surface area contributed by atoms with E-state index in [0.29, 0.717) is 18.5 Å². The van der Waals surface area contributed by atoms with Crippen LogP contribution in [-0.4, -0.2) is 30.7 Å². The molecule has 0 aliphatic heterocycles. The number of esters is 1. The second-order valence-electron chi connectivity index (χ2n) is 5.23. The minimum Gasteiger partial charge on any atom is -0.458 e. The standard InChI is InChI=1S/C13H19ClN2O4S/c1-2-6-10-12(21(14,18)19)11(16-15-10)13(17)20-9-7-4-3-5-8-9/h9H,2-8H2,1H3,(H,15,16). The predicted molar refractivity (Wildman–Crippen MR) is 77.9 cm³/mol. The lowest BCUT2D eigenvalue weighted by Crippen LogP contribution is -2.22. The average Bonchev–Trinajstić information content (AvgIpc) is 2.84. The van der Waals surface area contributed by atoms with Crippen molar-refractivity contribution in [2.75, 3.05) is 0 Å². The van der Waals surface area contributed by atoms with Gasteiger partial charge in [-0.25, -0.2) is 13.2 Å². The van der Waals surface area contributed by atoms with E-state index < -0.39 is 15.0 Å². The van der Waals surface area contributed by atoms with Crippen LogP contribution in [0.1, 0.15) is 61.6 Å². The number of rotatable bonds is 5. The molecule has 0 spiro atoms. The second kappa shape index (κ2) is 6.79. The Kier molecular flexibility index (Phi) is 5.27. The molecule has 1 aliphatic carbocycles. The zero-order valence-corrected chi connectivity index (χ0v) is 13.5. The number of carbonyl (C=O) groups is 1. The maximum Gasteiger partial charge on any atom is 0.360 e. The number of carbonyl (C=O) groups excluding carboxylic acids is 1. The Morgan fingerprint density at radius 3 is 2.62 bits per heavy atom. The van der Waals surface area contributed by atoms with E-state index in [0.717, 1.165) is 32.1 Å². The lowest BCUT2D eigenvalue weighted by atomic mass is 9.98. The van der Waals surface area contributed by atoms with Crippen molar-refractivity contribution in [3.8, 4) is 0 Å². The van der Waals surface area contributed by atoms with Crippen LogP contribution in [0.2, 0.25) is 0 Å². The molecule has 1 N–H and O–H groups in total. The quantitative estimate of drug-likeness (QED) is 0.660. The van der Waals surface area contributed by atoms with Crippen LogP contribution >= 0.6 is 10.7 Å². The molecular formula is C13H19ClN2O4S. The van der Waals surface area contributed by atoms with E-state index in [1.54, 1.807) is 0 Å². The van der Waals surface area contributed by atoms with E-state index in [1.165, 1.54) is 0 Å². The first-order chi connectivity index (χ1) is 9.93. The Hall–Kier alpha value is -1.08. The lowest BCUT2D eigenvalue weighted by molar-refractivity contribution is 0.0200. The molecule has 1 fully saturated rings. The van der Waals surface area contributed by atoms with Crippen LogP contribution in [0, 0.1) is 0 Å². The molecule has 1 aliphatic rings. The number of aryl methyl sites for hydroxylation is 1. The van der Waals surface area contributed by atoms with Gasteiger partial charge < -0.3 is 4.74 Å². The van der Waals surface area contributed by atoms with Gasteiger partial charge in [0, 0.05) is 10.7 Å². The van der Waals surface area contributed by atoms with Crippen molar-refractivity contribution in [1.82, 2.24) is 10.2 Å². The third-order valence-corrected chi connectivity index (χ3v) is 4.95. The summed E-state index contributed by atoms with van der Waals surface area (Å²) in [5.74, 6) is -0.722. The molecule has 0 atom stereocenters. The number of hydrogen-bond donors (Lipinski definition) is 1. The zero-order chi connectivity index (χ0) is 15.5. The Balaban J connectivity index is 2.24. The molecule has 21 heavy (non-hydrogen) atoms. The van der Waals surface area contributed by atoms with Gasteiger partial charge in [0.2, 0.25) is 0 Å². The first-order valence-electron chi connectivity index (χ1n) is 7.16. The van der Waals surface area contributed by atoms with Crippen molar-refractivity contribution in [2.45, 2.75) is 62.9 Å². The molecule has 0 amide bonds. The average molecular weight is 335 g/mol. The molecule has 0 unspecified atom stereocenters. The molecule has 0 radical (unpaired) electrons. The van der Waals surface area contributed by atoms with Crippen molar-refractivity contribution in [3.63, 3.8) is 0 Å². The summed E-state index contributed by atoms with van der Waals surface area (Å²) in [6, 6.07) is 0. The van der Waals surface area contributed by atoms with Crippen molar-refractivity contribution in [2.24, 2.45) is 0 Å². The van der Waals surface area contributed by atoms with E-state index in [4.69, 9.17) is 15.4 Å². The fourth-order valence-corrected chi connectivity index (χ4v) is 3.88. The highest BCUT2D eigenvalue weighted by molar-refractivity contribution is 8.13. The molecule has 1 aromatic heterocycles. The summed E-state index contributed by atoms with van der Waals surface area (Å²) in [6.07, 6.45) is 5.77. The molecular weight excluding hydrogens is 316 g/mol. The number of aromatic nitrogens is 2. The van der Waals surface area contributed by atoms with Crippen LogP contribution in [0.3, 0.4) is 0 Å². The molecule has 0 aromatic carbocycles. The molecule has 1 saturated carbocycles. The summed E-state index contributed by atoms with van der Waals surface area (Å²) in [5, 5.41) is 6.39. The van der Waals surface area contributed by atoms with E-state index in [-0.39, 0.29) is 16.7 Å². The number of ether oxygens (including phenoxy) is 1. The number of H-pyrrole nitrogens is 1. The summed E-state index contributed by atoms with van der Waals surface area (Å²) in [4.78, 5) is 11.9. The minimum atomic E-state index is -4.05. The smallest absolute Gasteiger partial charge is 0.360 e. The Morgan fingerprint density at radius 2 is 2.05 bits per heavy atom. The molecule has 0 bridgehead atoms. The van der Waals surface area contributed by atoms with Gasteiger partial charge in [0.1, 0.15) is 11.0 Å². The topological polar surface area (TPSA) is 89.1 Å². The van der Waals surface area contributed by atoms with E-state index in [1.807, 2.05) is 6.92 Å². The molecule has 8 heteroatoms. The van der Waals surface area contributed by atoms with Crippen molar-refractivity contribution in [3.05, 3.63) is 11.4 Å². The predicted octanol–water partition coefficient (Wildman–Crippen LogP) is 2.78. The van der Waals surface area contributed by atoms with Gasteiger partial charge in [-0.2, -0.15) is 5.10 Å². The van der Waals surface area contributed by atoms with Crippen LogP contribution in [0.4, 0.5) is 0 Å². The summed E-state index contributed by atoms with van der Waals surface area (Å²) in [7, 11) is 1.39. The lowest BCUT2D eigenvalue weighted by Gasteiger charge is -2.21. The number of aromatic amines is 1. The largest absolute Gasteiger partial charge is 0.458 e. The highest BCUT2D eigenvalue weighted by atomic mass is 35.7. The fraction of sp³-hybridized carbons (Fsp3) is 0.692. The number of halogens is 1. The van der Waals surface area contributed by atoms with Gasteiger partial charge in [-0.1, -0.05) is 19.8 Å². The van der Waals surface area contributed by atoms with E-state index in [2.05, 4.69) is 10.2 Å². The van der Waals surface area contributed by atoms with Gasteiger partial charge in [-0.15, -0.1) is 0 Å². The molecule has 1 aromatic rings. The monoisotopic (exact) mass is 334 g/mol. The van der Waals surface area contributed by atoms with Gasteiger partial charge in [0.15, 0.2) is 5.69 Å². The maximum atomic E-state index is 12.2. The summed E-state index contributed by atoms with van der Waals surface area (Å²) in [5.41, 5.74) is 0.113. The van der Waals surface area contributed by atoms with Crippen molar-refractivity contribution < 1.29 is 17.9 Å². The molecule has 0 saturated heterocycles. The van der Waals surface area contributed by atoms with Crippen molar-refractivity contribution >= 4 is 25.7 Å². The van der Waals surface area contributed by atoms with Gasteiger partial charge in [-0.3, -0.25) is 5.10 Å². The van der Waals surface area contributed by atoms with Crippen LogP contribution in [0.25, 0.3) is 0 Å². The van der Waals surface area contributed by atoms with Crippen LogP contribution in [0.5, 0.6) is 0 Å². The Bertz CT molecular complexity index is 606. The van der Waals surface area contributed by atoms with Gasteiger partial charge in [-0.05, 0) is 32.1 Å². The van der Waals surface area contributed by atoms with Crippen molar-refractivity contribution in [1.29, 1.82) is 0 Å². The SMILES string of the molecule is CCCc1[nH]nc(C(=O)OC2CCCCC2)c1S(=O)(=O)Cl. The second-order valence-corrected chi connectivity index (χ2v) is 7.74. The van der Waals surface area contributed by atoms with Gasteiger partial charge in [0.25, 0.3) is 9.05 Å². The van der Waals surface area contributed by atoms with Crippen LogP contribution in [0.15, 0.2) is 4.90 Å². The summed E-state index contributed by atoms with van der Waals surface area (Å²) in [6.45, 7) is 1.89. The number of nitrogens with zero attached hydrogens (tertiary/aromatic N) is 1. The highest BCUT2D eigenvalue weighted by Crippen LogP contribution is 2.26. The van der Waals surface area contributed by atoms with E-state index in [9.17, 15) is 13.2 Å². The van der Waals surface area contributed by atoms with Gasteiger partial charge in [0.05, 0.1) is 5.69 Å². The highest BCUT2D eigenvalue weighted by Gasteiger charge is 2.30. The normalized spacial score (nSPS) is 16.9. The third-order valence-electron chi connectivity index (χ3n) is 3.55. The Morgan fingerprint density at radius 1 is 1.38 bits per heavy atom. The first kappa shape index (κ1) is 16.3. The van der Waals surface area contributed by atoms with Gasteiger partial charge >= 0.3 is 5.97 Å². The molecule has 1 heterocycles. The van der Waals surface area contributed by atoms with E-state index >= 15 is 0 Å². The van der Waals surface area contributed by atoms with Crippen LogP contribution in [-0.2, 0) is 20.2 Å². The number of hydrogen-bond acceptors (Lipinski definition) is 5. The molecule has 6 nitrogen and oxygen atoms in total. The zero-order valence-electron chi connectivity index (χ0n) is 11.9. The van der Waals surface area contributed by atoms with Crippen LogP contribution < -0.4 is 0 Å². The summed E-state index contributed by atoms with van der Waals surface area (Å²) < 4.78 is 28.8. The third kappa shape index (κ3) is 3.97. The first-order valence-corrected chi connectivity index (χ1v) is 9.47. The number of nitrogens with one attached hydrogen (secondary N) is 1. The summed E-state index contributed by atoms with van der Waals surface area (Å²) >= 11 is 0. The molecule has 2 rings (SSSR count). The maximum absolute atomic E-state index is 12.2. The Labute approximate surface area is 128 Å². The minimum absolute atomic E-state index is 0.163.